The standard InChI is InChI=1S/C17H18ClN3O3/c18-15-9-13(10-21-17(15)24-14-4-8-23-11-14)16(22)20-7-3-12-1-5-19-6-2-12/h1-2,5-6,9-10,14H,3-4,7-8,11H2,(H,20,22)/t14-/m1/s1. The Morgan fingerprint density at radius 1 is 1.42 bits per heavy atom. The van der Waals surface area contributed by atoms with Gasteiger partial charge in [0.15, 0.2) is 0 Å². The Morgan fingerprint density at radius 3 is 2.96 bits per heavy atom. The topological polar surface area (TPSA) is 73.3 Å². The number of amides is 1. The van der Waals surface area contributed by atoms with Gasteiger partial charge in [-0.25, -0.2) is 4.98 Å². The maximum absolute atomic E-state index is 12.2. The van der Waals surface area contributed by atoms with Crippen LogP contribution in [0.2, 0.25) is 5.02 Å². The van der Waals surface area contributed by atoms with Gasteiger partial charge in [0.25, 0.3) is 5.91 Å². The molecule has 0 saturated carbocycles. The van der Waals surface area contributed by atoms with Crippen LogP contribution in [-0.4, -0.2) is 41.7 Å². The molecule has 0 spiro atoms. The third-order valence-electron chi connectivity index (χ3n) is 3.68. The van der Waals surface area contributed by atoms with E-state index in [-0.39, 0.29) is 12.0 Å². The summed E-state index contributed by atoms with van der Waals surface area (Å²) in [6.45, 7) is 1.74. The van der Waals surface area contributed by atoms with E-state index in [9.17, 15) is 4.79 Å². The molecule has 1 N–H and O–H groups in total. The van der Waals surface area contributed by atoms with Crippen molar-refractivity contribution in [1.82, 2.24) is 15.3 Å². The molecular formula is C17H18ClN3O3. The van der Waals surface area contributed by atoms with Crippen molar-refractivity contribution in [2.45, 2.75) is 18.9 Å². The molecule has 0 unspecified atom stereocenters. The lowest BCUT2D eigenvalue weighted by molar-refractivity contribution is 0.0953. The minimum absolute atomic E-state index is 0.0324. The van der Waals surface area contributed by atoms with Crippen LogP contribution in [0, 0.1) is 0 Å². The fourth-order valence-electron chi connectivity index (χ4n) is 2.37. The van der Waals surface area contributed by atoms with Crippen molar-refractivity contribution >= 4 is 17.5 Å². The van der Waals surface area contributed by atoms with E-state index in [2.05, 4.69) is 15.3 Å². The van der Waals surface area contributed by atoms with E-state index in [0.717, 1.165) is 18.4 Å². The smallest absolute Gasteiger partial charge is 0.252 e. The first-order chi connectivity index (χ1) is 11.7. The lowest BCUT2D eigenvalue weighted by Gasteiger charge is -2.12. The average molecular weight is 348 g/mol. The zero-order valence-electron chi connectivity index (χ0n) is 13.1. The molecule has 0 bridgehead atoms. The Morgan fingerprint density at radius 2 is 2.25 bits per heavy atom. The van der Waals surface area contributed by atoms with Crippen molar-refractivity contribution in [2.24, 2.45) is 0 Å². The number of hydrogen-bond acceptors (Lipinski definition) is 5. The molecule has 1 aliphatic heterocycles. The van der Waals surface area contributed by atoms with Gasteiger partial charge in [-0.3, -0.25) is 9.78 Å². The van der Waals surface area contributed by atoms with Gasteiger partial charge in [0.2, 0.25) is 5.88 Å². The highest BCUT2D eigenvalue weighted by molar-refractivity contribution is 6.32. The Kier molecular flexibility index (Phi) is 5.61. The number of aromatic nitrogens is 2. The van der Waals surface area contributed by atoms with Gasteiger partial charge in [0.1, 0.15) is 11.1 Å². The van der Waals surface area contributed by atoms with Crippen LogP contribution in [-0.2, 0) is 11.2 Å². The molecule has 6 nitrogen and oxygen atoms in total. The second kappa shape index (κ2) is 8.08. The highest BCUT2D eigenvalue weighted by Gasteiger charge is 2.19. The predicted molar refractivity (Wildman–Crippen MR) is 89.4 cm³/mol. The lowest BCUT2D eigenvalue weighted by atomic mass is 10.2. The monoisotopic (exact) mass is 347 g/mol. The number of ether oxygens (including phenoxy) is 2. The third kappa shape index (κ3) is 4.43. The van der Waals surface area contributed by atoms with Gasteiger partial charge in [-0.1, -0.05) is 11.6 Å². The maximum Gasteiger partial charge on any atom is 0.252 e. The fraction of sp³-hybridized carbons (Fsp3) is 0.353. The third-order valence-corrected chi connectivity index (χ3v) is 3.96. The zero-order valence-corrected chi connectivity index (χ0v) is 13.8. The molecule has 1 fully saturated rings. The Hall–Kier alpha value is -2.18. The summed E-state index contributed by atoms with van der Waals surface area (Å²) in [5, 5.41) is 3.17. The molecule has 24 heavy (non-hydrogen) atoms. The van der Waals surface area contributed by atoms with Crippen molar-refractivity contribution in [3.63, 3.8) is 0 Å². The van der Waals surface area contributed by atoms with E-state index in [1.54, 1.807) is 18.5 Å². The largest absolute Gasteiger partial charge is 0.471 e. The summed E-state index contributed by atoms with van der Waals surface area (Å²) >= 11 is 6.17. The lowest BCUT2D eigenvalue weighted by Crippen LogP contribution is -2.26. The number of nitrogens with one attached hydrogen (secondary N) is 1. The molecule has 3 rings (SSSR count). The number of nitrogens with zero attached hydrogens (tertiary/aromatic N) is 2. The molecule has 1 saturated heterocycles. The van der Waals surface area contributed by atoms with Gasteiger partial charge in [-0.15, -0.1) is 0 Å². The molecule has 126 valence electrons. The molecule has 2 aromatic heterocycles. The molecule has 7 heteroatoms. The molecule has 0 aliphatic carbocycles. The van der Waals surface area contributed by atoms with Gasteiger partial charge < -0.3 is 14.8 Å². The summed E-state index contributed by atoms with van der Waals surface area (Å²) in [7, 11) is 0. The van der Waals surface area contributed by atoms with Crippen LogP contribution in [0.5, 0.6) is 5.88 Å². The Bertz CT molecular complexity index is 691. The molecule has 0 aromatic carbocycles. The van der Waals surface area contributed by atoms with Gasteiger partial charge in [0.05, 0.1) is 18.8 Å². The van der Waals surface area contributed by atoms with E-state index in [1.807, 2.05) is 12.1 Å². The van der Waals surface area contributed by atoms with Crippen LogP contribution < -0.4 is 10.1 Å². The van der Waals surface area contributed by atoms with Crippen molar-refractivity contribution in [3.8, 4) is 5.88 Å². The number of hydrogen-bond donors (Lipinski definition) is 1. The molecular weight excluding hydrogens is 330 g/mol. The normalized spacial score (nSPS) is 16.8. The van der Waals surface area contributed by atoms with Gasteiger partial charge >= 0.3 is 0 Å². The highest BCUT2D eigenvalue weighted by Crippen LogP contribution is 2.25. The second-order valence-electron chi connectivity index (χ2n) is 5.48. The first kappa shape index (κ1) is 16.7. The summed E-state index contributed by atoms with van der Waals surface area (Å²) in [5.74, 6) is 0.120. The number of halogens is 1. The van der Waals surface area contributed by atoms with Crippen molar-refractivity contribution in [2.75, 3.05) is 19.8 Å². The molecule has 1 aliphatic rings. The van der Waals surface area contributed by atoms with Crippen LogP contribution in [0.1, 0.15) is 22.3 Å². The quantitative estimate of drug-likeness (QED) is 0.867. The first-order valence-electron chi connectivity index (χ1n) is 7.79. The van der Waals surface area contributed by atoms with Crippen molar-refractivity contribution < 1.29 is 14.3 Å². The van der Waals surface area contributed by atoms with Gasteiger partial charge in [0, 0.05) is 31.6 Å². The van der Waals surface area contributed by atoms with Gasteiger partial charge in [-0.05, 0) is 30.2 Å². The minimum Gasteiger partial charge on any atom is -0.471 e. The number of carbonyl (C=O) groups excluding carboxylic acids is 1. The number of pyridine rings is 2. The Labute approximate surface area is 145 Å². The number of carbonyl (C=O) groups is 1. The van der Waals surface area contributed by atoms with E-state index >= 15 is 0 Å². The number of rotatable bonds is 6. The predicted octanol–water partition coefficient (Wildman–Crippen LogP) is 2.27. The van der Waals surface area contributed by atoms with E-state index in [0.29, 0.717) is 36.2 Å². The second-order valence-corrected chi connectivity index (χ2v) is 5.88. The average Bonchev–Trinajstić information content (AvgIpc) is 3.10. The summed E-state index contributed by atoms with van der Waals surface area (Å²) in [6.07, 6.45) is 6.45. The summed E-state index contributed by atoms with van der Waals surface area (Å²) in [5.41, 5.74) is 1.52. The Balaban J connectivity index is 1.53. The van der Waals surface area contributed by atoms with Crippen LogP contribution in [0.4, 0.5) is 0 Å². The maximum atomic E-state index is 12.2. The molecule has 3 heterocycles. The fourth-order valence-corrected chi connectivity index (χ4v) is 2.58. The molecule has 1 amide bonds. The molecule has 0 radical (unpaired) electrons. The van der Waals surface area contributed by atoms with Crippen molar-refractivity contribution in [3.05, 3.63) is 52.9 Å². The van der Waals surface area contributed by atoms with Crippen molar-refractivity contribution in [1.29, 1.82) is 0 Å². The van der Waals surface area contributed by atoms with Crippen LogP contribution in [0.3, 0.4) is 0 Å². The van der Waals surface area contributed by atoms with Crippen LogP contribution in [0.25, 0.3) is 0 Å². The zero-order chi connectivity index (χ0) is 16.8. The summed E-state index contributed by atoms with van der Waals surface area (Å²) < 4.78 is 10.9. The molecule has 1 atom stereocenters. The molecule has 2 aromatic rings. The summed E-state index contributed by atoms with van der Waals surface area (Å²) in [6, 6.07) is 5.41. The highest BCUT2D eigenvalue weighted by atomic mass is 35.5. The van der Waals surface area contributed by atoms with Crippen LogP contribution >= 0.6 is 11.6 Å². The first-order valence-corrected chi connectivity index (χ1v) is 8.17. The van der Waals surface area contributed by atoms with E-state index < -0.39 is 0 Å². The van der Waals surface area contributed by atoms with Crippen LogP contribution in [0.15, 0.2) is 36.8 Å². The van der Waals surface area contributed by atoms with E-state index in [4.69, 9.17) is 21.1 Å². The SMILES string of the molecule is O=C(NCCc1ccncc1)c1cnc(O[C@@H]2CCOC2)c(Cl)c1. The summed E-state index contributed by atoms with van der Waals surface area (Å²) in [4.78, 5) is 20.3. The minimum atomic E-state index is -0.214. The van der Waals surface area contributed by atoms with Gasteiger partial charge in [-0.2, -0.15) is 0 Å². The van der Waals surface area contributed by atoms with E-state index in [1.165, 1.54) is 6.20 Å².